The molecule has 3 rings (SSSR count). The standard InChI is InChI=1S/C16H16FN3O3/c17-14-2-1-3-15(16(14)20(22)23)19-10-8-18(9-11-19)12-4-6-13(21)7-5-12/h1-7,21H,8-11H2. The summed E-state index contributed by atoms with van der Waals surface area (Å²) in [4.78, 5) is 14.4. The molecule has 7 heteroatoms. The van der Waals surface area contributed by atoms with Crippen molar-refractivity contribution in [2.75, 3.05) is 36.0 Å². The van der Waals surface area contributed by atoms with Gasteiger partial charge < -0.3 is 14.9 Å². The van der Waals surface area contributed by atoms with E-state index in [0.717, 1.165) is 11.8 Å². The van der Waals surface area contributed by atoms with Gasteiger partial charge in [0.15, 0.2) is 0 Å². The lowest BCUT2D eigenvalue weighted by molar-refractivity contribution is -0.386. The van der Waals surface area contributed by atoms with E-state index in [2.05, 4.69) is 4.90 Å². The van der Waals surface area contributed by atoms with Crippen LogP contribution in [0.4, 0.5) is 21.5 Å². The van der Waals surface area contributed by atoms with Crippen molar-refractivity contribution in [3.63, 3.8) is 0 Å². The minimum absolute atomic E-state index is 0.211. The van der Waals surface area contributed by atoms with Crippen molar-refractivity contribution in [1.29, 1.82) is 0 Å². The second-order valence-corrected chi connectivity index (χ2v) is 5.36. The molecule has 1 aliphatic rings. The summed E-state index contributed by atoms with van der Waals surface area (Å²) in [7, 11) is 0. The van der Waals surface area contributed by atoms with Gasteiger partial charge >= 0.3 is 5.69 Å². The maximum atomic E-state index is 13.7. The van der Waals surface area contributed by atoms with Gasteiger partial charge in [-0.05, 0) is 36.4 Å². The molecule has 0 aliphatic carbocycles. The van der Waals surface area contributed by atoms with E-state index in [1.54, 1.807) is 18.2 Å². The zero-order valence-electron chi connectivity index (χ0n) is 12.4. The molecule has 0 spiro atoms. The third-order valence-corrected chi connectivity index (χ3v) is 3.98. The number of halogens is 1. The number of rotatable bonds is 3. The molecule has 1 heterocycles. The summed E-state index contributed by atoms with van der Waals surface area (Å²) in [6, 6.07) is 11.1. The van der Waals surface area contributed by atoms with Crippen molar-refractivity contribution in [1.82, 2.24) is 0 Å². The van der Waals surface area contributed by atoms with E-state index < -0.39 is 16.4 Å². The van der Waals surface area contributed by atoms with Crippen molar-refractivity contribution >= 4 is 17.1 Å². The summed E-state index contributed by atoms with van der Waals surface area (Å²) in [5.41, 5.74) is 0.835. The summed E-state index contributed by atoms with van der Waals surface area (Å²) >= 11 is 0. The molecule has 0 radical (unpaired) electrons. The Labute approximate surface area is 132 Å². The Morgan fingerprint density at radius 3 is 2.22 bits per heavy atom. The van der Waals surface area contributed by atoms with Gasteiger partial charge in [0.05, 0.1) is 4.92 Å². The van der Waals surface area contributed by atoms with E-state index in [-0.39, 0.29) is 5.75 Å². The molecule has 0 saturated carbocycles. The van der Waals surface area contributed by atoms with Gasteiger partial charge in [-0.2, -0.15) is 4.39 Å². The van der Waals surface area contributed by atoms with Gasteiger partial charge in [-0.1, -0.05) is 6.07 Å². The second-order valence-electron chi connectivity index (χ2n) is 5.36. The normalized spacial score (nSPS) is 14.8. The fourth-order valence-electron chi connectivity index (χ4n) is 2.81. The third-order valence-electron chi connectivity index (χ3n) is 3.98. The van der Waals surface area contributed by atoms with Crippen molar-refractivity contribution < 1.29 is 14.4 Å². The highest BCUT2D eigenvalue weighted by atomic mass is 19.1. The molecule has 1 saturated heterocycles. The number of benzene rings is 2. The van der Waals surface area contributed by atoms with Crippen LogP contribution in [0.1, 0.15) is 0 Å². The smallest absolute Gasteiger partial charge is 0.327 e. The van der Waals surface area contributed by atoms with Crippen LogP contribution in [0.15, 0.2) is 42.5 Å². The number of aromatic hydroxyl groups is 1. The first kappa shape index (κ1) is 15.1. The first-order valence-corrected chi connectivity index (χ1v) is 7.28. The number of anilines is 2. The predicted molar refractivity (Wildman–Crippen MR) is 85.6 cm³/mol. The molecular weight excluding hydrogens is 301 g/mol. The molecule has 0 amide bonds. The summed E-state index contributed by atoms with van der Waals surface area (Å²) in [5, 5.41) is 20.4. The molecule has 6 nitrogen and oxygen atoms in total. The van der Waals surface area contributed by atoms with Crippen LogP contribution in [0.3, 0.4) is 0 Å². The molecule has 1 aliphatic heterocycles. The Morgan fingerprint density at radius 2 is 1.61 bits per heavy atom. The monoisotopic (exact) mass is 317 g/mol. The minimum Gasteiger partial charge on any atom is -0.508 e. The molecular formula is C16H16FN3O3. The van der Waals surface area contributed by atoms with Gasteiger partial charge in [-0.15, -0.1) is 0 Å². The highest BCUT2D eigenvalue weighted by Gasteiger charge is 2.26. The summed E-state index contributed by atoms with van der Waals surface area (Å²) in [6.45, 7) is 2.45. The van der Waals surface area contributed by atoms with E-state index in [0.29, 0.717) is 31.9 Å². The quantitative estimate of drug-likeness (QED) is 0.696. The Balaban J connectivity index is 1.76. The Kier molecular flexibility index (Phi) is 4.01. The van der Waals surface area contributed by atoms with Gasteiger partial charge in [0.25, 0.3) is 0 Å². The van der Waals surface area contributed by atoms with Crippen LogP contribution in [0.25, 0.3) is 0 Å². The van der Waals surface area contributed by atoms with Crippen LogP contribution in [0, 0.1) is 15.9 Å². The molecule has 0 atom stereocenters. The fraction of sp³-hybridized carbons (Fsp3) is 0.250. The first-order chi connectivity index (χ1) is 11.1. The first-order valence-electron chi connectivity index (χ1n) is 7.28. The number of para-hydroxylation sites is 1. The molecule has 0 unspecified atom stereocenters. The second kappa shape index (κ2) is 6.12. The van der Waals surface area contributed by atoms with Gasteiger partial charge in [-0.3, -0.25) is 10.1 Å². The van der Waals surface area contributed by atoms with Gasteiger partial charge in [0.1, 0.15) is 11.4 Å². The molecule has 120 valence electrons. The summed E-state index contributed by atoms with van der Waals surface area (Å²) in [5.74, 6) is -0.601. The number of phenols is 1. The fourth-order valence-corrected chi connectivity index (χ4v) is 2.81. The topological polar surface area (TPSA) is 69.9 Å². The van der Waals surface area contributed by atoms with Crippen LogP contribution in [0.2, 0.25) is 0 Å². The average Bonchev–Trinajstić information content (AvgIpc) is 2.55. The van der Waals surface area contributed by atoms with E-state index in [9.17, 15) is 19.6 Å². The van der Waals surface area contributed by atoms with Crippen molar-refractivity contribution in [3.05, 3.63) is 58.4 Å². The summed E-state index contributed by atoms with van der Waals surface area (Å²) in [6.07, 6.45) is 0. The molecule has 1 N–H and O–H groups in total. The lowest BCUT2D eigenvalue weighted by Crippen LogP contribution is -2.46. The molecule has 0 bridgehead atoms. The van der Waals surface area contributed by atoms with E-state index in [4.69, 9.17) is 0 Å². The van der Waals surface area contributed by atoms with Crippen LogP contribution in [-0.2, 0) is 0 Å². The molecule has 1 fully saturated rings. The van der Waals surface area contributed by atoms with Crippen molar-refractivity contribution in [3.8, 4) is 5.75 Å². The number of phenolic OH excluding ortho intramolecular Hbond substituents is 1. The minimum atomic E-state index is -0.812. The maximum absolute atomic E-state index is 13.7. The van der Waals surface area contributed by atoms with Crippen molar-refractivity contribution in [2.45, 2.75) is 0 Å². The van der Waals surface area contributed by atoms with Crippen LogP contribution in [-0.4, -0.2) is 36.2 Å². The van der Waals surface area contributed by atoms with Crippen molar-refractivity contribution in [2.24, 2.45) is 0 Å². The maximum Gasteiger partial charge on any atom is 0.327 e. The SMILES string of the molecule is O=[N+]([O-])c1c(F)cccc1N1CCN(c2ccc(O)cc2)CC1. The number of hydrogen-bond acceptors (Lipinski definition) is 5. The molecule has 2 aromatic rings. The number of nitro benzene ring substituents is 1. The Morgan fingerprint density at radius 1 is 1.00 bits per heavy atom. The summed E-state index contributed by atoms with van der Waals surface area (Å²) < 4.78 is 13.7. The lowest BCUT2D eigenvalue weighted by Gasteiger charge is -2.37. The molecule has 0 aromatic heterocycles. The average molecular weight is 317 g/mol. The number of hydrogen-bond donors (Lipinski definition) is 1. The highest BCUT2D eigenvalue weighted by Crippen LogP contribution is 2.32. The lowest BCUT2D eigenvalue weighted by atomic mass is 10.2. The largest absolute Gasteiger partial charge is 0.508 e. The number of nitrogens with zero attached hydrogens (tertiary/aromatic N) is 3. The van der Waals surface area contributed by atoms with Gasteiger partial charge in [0, 0.05) is 31.9 Å². The number of nitro groups is 1. The van der Waals surface area contributed by atoms with Gasteiger partial charge in [0.2, 0.25) is 5.82 Å². The third kappa shape index (κ3) is 3.03. The highest BCUT2D eigenvalue weighted by molar-refractivity contribution is 5.64. The van der Waals surface area contributed by atoms with E-state index in [1.165, 1.54) is 6.07 Å². The van der Waals surface area contributed by atoms with Crippen LogP contribution < -0.4 is 9.80 Å². The predicted octanol–water partition coefficient (Wildman–Crippen LogP) is 2.77. The molecule has 2 aromatic carbocycles. The zero-order chi connectivity index (χ0) is 16.4. The number of piperazine rings is 1. The molecule has 23 heavy (non-hydrogen) atoms. The van der Waals surface area contributed by atoms with Crippen LogP contribution in [0.5, 0.6) is 5.75 Å². The van der Waals surface area contributed by atoms with Crippen LogP contribution >= 0.6 is 0 Å². The zero-order valence-corrected chi connectivity index (χ0v) is 12.4. The van der Waals surface area contributed by atoms with E-state index in [1.807, 2.05) is 17.0 Å². The van der Waals surface area contributed by atoms with E-state index >= 15 is 0 Å². The van der Waals surface area contributed by atoms with Gasteiger partial charge in [-0.25, -0.2) is 0 Å². The Hall–Kier alpha value is -2.83. The Bertz CT molecular complexity index is 713.